The fraction of sp³-hybridized carbons (Fsp3) is 0.292. The van der Waals surface area contributed by atoms with E-state index in [1.54, 1.807) is 17.3 Å². The molecule has 176 valence electrons. The fourth-order valence-electron chi connectivity index (χ4n) is 4.28. The predicted molar refractivity (Wildman–Crippen MR) is 123 cm³/mol. The third-order valence-electron chi connectivity index (χ3n) is 6.01. The second kappa shape index (κ2) is 8.51. The van der Waals surface area contributed by atoms with Gasteiger partial charge in [-0.2, -0.15) is 10.2 Å². The normalized spacial score (nSPS) is 19.1. The number of halogens is 3. The Kier molecular flexibility index (Phi) is 5.51. The summed E-state index contributed by atoms with van der Waals surface area (Å²) < 4.78 is 48.8. The Morgan fingerprint density at radius 3 is 2.59 bits per heavy atom. The lowest BCUT2D eigenvalue weighted by atomic mass is 10.1. The first-order valence-electron chi connectivity index (χ1n) is 10.8. The molecule has 10 heteroatoms. The second-order valence-corrected chi connectivity index (χ2v) is 8.25. The van der Waals surface area contributed by atoms with Crippen molar-refractivity contribution in [2.45, 2.75) is 24.8 Å². The van der Waals surface area contributed by atoms with Gasteiger partial charge in [0.05, 0.1) is 25.5 Å². The Hall–Kier alpha value is -3.82. The molecule has 0 aliphatic carbocycles. The van der Waals surface area contributed by atoms with Gasteiger partial charge in [-0.05, 0) is 30.3 Å². The number of ether oxygens (including phenoxy) is 1. The van der Waals surface area contributed by atoms with Crippen LogP contribution in [-0.4, -0.2) is 42.1 Å². The van der Waals surface area contributed by atoms with Gasteiger partial charge in [0, 0.05) is 31.3 Å². The molecule has 3 heterocycles. The number of rotatable bonds is 5. The Bertz CT molecular complexity index is 1300. The van der Waals surface area contributed by atoms with Crippen LogP contribution in [0.4, 0.5) is 24.5 Å². The average Bonchev–Trinajstić information content (AvgIpc) is 3.46. The number of nitrogens with zero attached hydrogens (tertiary/aromatic N) is 5. The smallest absolute Gasteiger partial charge is 0.266 e. The van der Waals surface area contributed by atoms with Crippen LogP contribution in [0, 0.1) is 5.82 Å². The molecule has 7 nitrogen and oxygen atoms in total. The summed E-state index contributed by atoms with van der Waals surface area (Å²) in [6.07, 6.45) is 3.19. The molecule has 3 aromatic rings. The van der Waals surface area contributed by atoms with Crippen LogP contribution in [0.3, 0.4) is 0 Å². The highest BCUT2D eigenvalue weighted by Crippen LogP contribution is 2.33. The van der Waals surface area contributed by atoms with E-state index in [9.17, 15) is 13.6 Å². The molecule has 0 radical (unpaired) electrons. The molecule has 1 atom stereocenters. The first-order chi connectivity index (χ1) is 16.4. The number of para-hydroxylation sites is 1. The summed E-state index contributed by atoms with van der Waals surface area (Å²) in [6.45, 7) is -0.298. The standard InChI is InChI=1S/C24H22F3N5O2/c1-34-21-14-31(19-8-7-17(13-18(19)25)30-12-10-24(26,27)15-30)29-22(23(21)33)20-9-11-28-32(20)16-5-3-2-4-6-16/h2-8,11,13-14,20H,9-10,12,15H2,1H3. The van der Waals surface area contributed by atoms with Crippen LogP contribution >= 0.6 is 0 Å². The van der Waals surface area contributed by atoms with Gasteiger partial charge in [0.2, 0.25) is 5.43 Å². The summed E-state index contributed by atoms with van der Waals surface area (Å²) >= 11 is 0. The molecule has 1 fully saturated rings. The lowest BCUT2D eigenvalue weighted by Crippen LogP contribution is -2.28. The first-order valence-corrected chi connectivity index (χ1v) is 10.8. The van der Waals surface area contributed by atoms with Crippen molar-refractivity contribution in [3.05, 3.63) is 76.5 Å². The van der Waals surface area contributed by atoms with Gasteiger partial charge in [-0.25, -0.2) is 17.9 Å². The van der Waals surface area contributed by atoms with E-state index >= 15 is 4.39 Å². The minimum Gasteiger partial charge on any atom is -0.491 e. The fourth-order valence-corrected chi connectivity index (χ4v) is 4.28. The van der Waals surface area contributed by atoms with E-state index in [4.69, 9.17) is 4.74 Å². The van der Waals surface area contributed by atoms with Gasteiger partial charge in [-0.3, -0.25) is 9.80 Å². The maximum atomic E-state index is 15.1. The molecule has 1 aromatic heterocycles. The zero-order chi connectivity index (χ0) is 23.9. The van der Waals surface area contributed by atoms with Gasteiger partial charge in [-0.15, -0.1) is 0 Å². The minimum atomic E-state index is -2.79. The van der Waals surface area contributed by atoms with Crippen molar-refractivity contribution in [2.75, 3.05) is 30.1 Å². The number of aromatic nitrogens is 2. The van der Waals surface area contributed by atoms with Crippen LogP contribution < -0.4 is 20.1 Å². The monoisotopic (exact) mass is 469 g/mol. The van der Waals surface area contributed by atoms with E-state index in [0.29, 0.717) is 12.1 Å². The highest BCUT2D eigenvalue weighted by atomic mass is 19.3. The lowest BCUT2D eigenvalue weighted by Gasteiger charge is -2.24. The highest BCUT2D eigenvalue weighted by molar-refractivity contribution is 5.67. The predicted octanol–water partition coefficient (Wildman–Crippen LogP) is 4.16. The molecule has 0 saturated carbocycles. The van der Waals surface area contributed by atoms with Crippen LogP contribution in [0.5, 0.6) is 5.75 Å². The molecule has 2 aliphatic rings. The van der Waals surface area contributed by atoms with Crippen LogP contribution in [0.15, 0.2) is 64.6 Å². The van der Waals surface area contributed by atoms with E-state index in [1.165, 1.54) is 35.0 Å². The lowest BCUT2D eigenvalue weighted by molar-refractivity contribution is 0.0257. The summed E-state index contributed by atoms with van der Waals surface area (Å²) in [4.78, 5) is 14.5. The van der Waals surface area contributed by atoms with Crippen molar-refractivity contribution in [3.63, 3.8) is 0 Å². The molecule has 2 aliphatic heterocycles. The van der Waals surface area contributed by atoms with Crippen LogP contribution in [0.2, 0.25) is 0 Å². The Balaban J connectivity index is 1.52. The van der Waals surface area contributed by atoms with Crippen molar-refractivity contribution < 1.29 is 17.9 Å². The number of anilines is 2. The summed E-state index contributed by atoms with van der Waals surface area (Å²) in [5, 5.41) is 10.5. The molecule has 5 rings (SSSR count). The van der Waals surface area contributed by atoms with Gasteiger partial charge >= 0.3 is 0 Å². The van der Waals surface area contributed by atoms with Gasteiger partial charge in [-0.1, -0.05) is 18.2 Å². The summed E-state index contributed by atoms with van der Waals surface area (Å²) in [6, 6.07) is 13.1. The van der Waals surface area contributed by atoms with E-state index in [-0.39, 0.29) is 30.1 Å². The largest absolute Gasteiger partial charge is 0.491 e. The van der Waals surface area contributed by atoms with Gasteiger partial charge in [0.1, 0.15) is 17.4 Å². The van der Waals surface area contributed by atoms with E-state index in [1.807, 2.05) is 30.3 Å². The molecule has 0 bridgehead atoms. The average molecular weight is 469 g/mol. The molecule has 0 spiro atoms. The summed E-state index contributed by atoms with van der Waals surface area (Å²) in [7, 11) is 1.36. The van der Waals surface area contributed by atoms with Crippen LogP contribution in [0.25, 0.3) is 5.69 Å². The van der Waals surface area contributed by atoms with Gasteiger partial charge < -0.3 is 9.64 Å². The molecule has 0 N–H and O–H groups in total. The van der Waals surface area contributed by atoms with E-state index in [0.717, 1.165) is 5.69 Å². The number of methoxy groups -OCH3 is 1. The molecular weight excluding hydrogens is 447 g/mol. The second-order valence-electron chi connectivity index (χ2n) is 8.25. The number of hydrazone groups is 1. The number of hydrogen-bond acceptors (Lipinski definition) is 6. The first kappa shape index (κ1) is 22.0. The zero-order valence-corrected chi connectivity index (χ0v) is 18.4. The van der Waals surface area contributed by atoms with E-state index < -0.39 is 29.8 Å². The van der Waals surface area contributed by atoms with Crippen molar-refractivity contribution in [1.29, 1.82) is 0 Å². The zero-order valence-electron chi connectivity index (χ0n) is 18.4. The molecule has 2 aromatic carbocycles. The van der Waals surface area contributed by atoms with Crippen molar-refractivity contribution in [3.8, 4) is 11.4 Å². The van der Waals surface area contributed by atoms with Crippen LogP contribution in [0.1, 0.15) is 24.6 Å². The topological polar surface area (TPSA) is 63.0 Å². The third-order valence-corrected chi connectivity index (χ3v) is 6.01. The molecule has 1 saturated heterocycles. The van der Waals surface area contributed by atoms with E-state index in [2.05, 4.69) is 10.2 Å². The molecule has 34 heavy (non-hydrogen) atoms. The number of benzene rings is 2. The Morgan fingerprint density at radius 2 is 1.91 bits per heavy atom. The molecule has 0 amide bonds. The van der Waals surface area contributed by atoms with Crippen molar-refractivity contribution in [2.24, 2.45) is 5.10 Å². The number of hydrogen-bond donors (Lipinski definition) is 0. The van der Waals surface area contributed by atoms with Crippen LogP contribution in [-0.2, 0) is 0 Å². The molecule has 1 unspecified atom stereocenters. The quantitative estimate of drug-likeness (QED) is 0.562. The van der Waals surface area contributed by atoms with Gasteiger partial charge in [0.25, 0.3) is 5.92 Å². The SMILES string of the molecule is COc1cn(-c2ccc(N3CCC(F)(F)C3)cc2F)nc(C2CC=NN2c2ccccc2)c1=O. The molecular formula is C24H22F3N5O2. The maximum Gasteiger partial charge on any atom is 0.266 e. The van der Waals surface area contributed by atoms with Gasteiger partial charge in [0.15, 0.2) is 11.6 Å². The minimum absolute atomic E-state index is 0.00701. The third kappa shape index (κ3) is 4.00. The highest BCUT2D eigenvalue weighted by Gasteiger charge is 2.38. The van der Waals surface area contributed by atoms with Crippen molar-refractivity contribution >= 4 is 17.6 Å². The summed E-state index contributed by atoms with van der Waals surface area (Å²) in [5.41, 5.74) is 0.968. The number of alkyl halides is 2. The summed E-state index contributed by atoms with van der Waals surface area (Å²) in [5.74, 6) is -3.43. The Morgan fingerprint density at radius 1 is 1.12 bits per heavy atom. The Labute approximate surface area is 193 Å². The van der Waals surface area contributed by atoms with Crippen molar-refractivity contribution in [1.82, 2.24) is 9.78 Å². The maximum absolute atomic E-state index is 15.1.